The summed E-state index contributed by atoms with van der Waals surface area (Å²) in [7, 11) is 1.61. The van der Waals surface area contributed by atoms with Gasteiger partial charge in [0.15, 0.2) is 0 Å². The highest BCUT2D eigenvalue weighted by Gasteiger charge is 2.06. The Labute approximate surface area is 131 Å². The largest absolute Gasteiger partial charge is 0.496 e. The molecule has 0 atom stereocenters. The lowest BCUT2D eigenvalue weighted by Crippen LogP contribution is -2.02. The van der Waals surface area contributed by atoms with Crippen molar-refractivity contribution in [1.29, 1.82) is 0 Å². The van der Waals surface area contributed by atoms with Crippen LogP contribution >= 0.6 is 15.9 Å². The van der Waals surface area contributed by atoms with Crippen LogP contribution in [-0.2, 0) is 17.8 Å². The fraction of sp³-hybridized carbons (Fsp3) is 0.188. The van der Waals surface area contributed by atoms with E-state index < -0.39 is 5.97 Å². The van der Waals surface area contributed by atoms with Crippen LogP contribution in [0.3, 0.4) is 0 Å². The van der Waals surface area contributed by atoms with Crippen LogP contribution in [0, 0.1) is 0 Å². The fourth-order valence-corrected chi connectivity index (χ4v) is 2.35. The molecule has 0 bridgehead atoms. The van der Waals surface area contributed by atoms with Crippen molar-refractivity contribution in [2.75, 3.05) is 7.11 Å². The van der Waals surface area contributed by atoms with Crippen molar-refractivity contribution in [2.24, 2.45) is 0 Å². The zero-order valence-electron chi connectivity index (χ0n) is 11.5. The lowest BCUT2D eigenvalue weighted by atomic mass is 10.1. The Morgan fingerprint density at radius 3 is 2.76 bits per heavy atom. The van der Waals surface area contributed by atoms with Gasteiger partial charge in [0, 0.05) is 10.0 Å². The van der Waals surface area contributed by atoms with E-state index in [1.54, 1.807) is 31.4 Å². The SMILES string of the molecule is COc1ccc(Br)cc1COc1cccc(CC(=O)O)c1. The molecule has 0 fully saturated rings. The summed E-state index contributed by atoms with van der Waals surface area (Å²) < 4.78 is 12.0. The lowest BCUT2D eigenvalue weighted by molar-refractivity contribution is -0.136. The molecule has 2 aromatic rings. The number of ether oxygens (including phenoxy) is 2. The molecule has 0 heterocycles. The number of benzene rings is 2. The van der Waals surface area contributed by atoms with E-state index in [-0.39, 0.29) is 6.42 Å². The summed E-state index contributed by atoms with van der Waals surface area (Å²) >= 11 is 3.41. The van der Waals surface area contributed by atoms with Crippen molar-refractivity contribution in [3.63, 3.8) is 0 Å². The maximum atomic E-state index is 10.7. The lowest BCUT2D eigenvalue weighted by Gasteiger charge is -2.11. The van der Waals surface area contributed by atoms with Crippen LogP contribution in [0.1, 0.15) is 11.1 Å². The number of hydrogen-bond donors (Lipinski definition) is 1. The second-order valence-corrected chi connectivity index (χ2v) is 5.38. The Kier molecular flexibility index (Phi) is 5.22. The molecule has 110 valence electrons. The summed E-state index contributed by atoms with van der Waals surface area (Å²) in [5.74, 6) is 0.525. The second kappa shape index (κ2) is 7.13. The molecule has 0 spiro atoms. The molecule has 2 rings (SSSR count). The van der Waals surface area contributed by atoms with Gasteiger partial charge in [-0.2, -0.15) is 0 Å². The molecule has 4 nitrogen and oxygen atoms in total. The van der Waals surface area contributed by atoms with Gasteiger partial charge >= 0.3 is 5.97 Å². The number of methoxy groups -OCH3 is 1. The number of halogens is 1. The summed E-state index contributed by atoms with van der Waals surface area (Å²) in [6.45, 7) is 0.346. The molecule has 0 aliphatic carbocycles. The van der Waals surface area contributed by atoms with Gasteiger partial charge in [0.05, 0.1) is 13.5 Å². The minimum atomic E-state index is -0.860. The first-order valence-corrected chi connectivity index (χ1v) is 7.13. The van der Waals surface area contributed by atoms with E-state index in [1.807, 2.05) is 18.2 Å². The molecule has 0 aliphatic heterocycles. The topological polar surface area (TPSA) is 55.8 Å². The summed E-state index contributed by atoms with van der Waals surface area (Å²) in [4.78, 5) is 10.7. The van der Waals surface area contributed by atoms with Crippen LogP contribution in [-0.4, -0.2) is 18.2 Å². The zero-order valence-corrected chi connectivity index (χ0v) is 13.1. The van der Waals surface area contributed by atoms with E-state index in [0.717, 1.165) is 15.8 Å². The predicted molar refractivity (Wildman–Crippen MR) is 82.8 cm³/mol. The Balaban J connectivity index is 2.09. The highest BCUT2D eigenvalue weighted by molar-refractivity contribution is 9.10. The molecule has 0 saturated carbocycles. The smallest absolute Gasteiger partial charge is 0.307 e. The van der Waals surface area contributed by atoms with Gasteiger partial charge in [-0.15, -0.1) is 0 Å². The Hall–Kier alpha value is -2.01. The van der Waals surface area contributed by atoms with Gasteiger partial charge in [0.1, 0.15) is 18.1 Å². The van der Waals surface area contributed by atoms with E-state index in [9.17, 15) is 4.79 Å². The van der Waals surface area contributed by atoms with Gasteiger partial charge in [-0.25, -0.2) is 0 Å². The van der Waals surface area contributed by atoms with Gasteiger partial charge < -0.3 is 14.6 Å². The molecule has 1 N–H and O–H groups in total. The van der Waals surface area contributed by atoms with Gasteiger partial charge in [-0.3, -0.25) is 4.79 Å². The number of carboxylic acids is 1. The van der Waals surface area contributed by atoms with Crippen molar-refractivity contribution in [3.05, 3.63) is 58.1 Å². The molecular weight excluding hydrogens is 336 g/mol. The van der Waals surface area contributed by atoms with Crippen LogP contribution in [0.15, 0.2) is 46.9 Å². The molecule has 2 aromatic carbocycles. The van der Waals surface area contributed by atoms with E-state index in [4.69, 9.17) is 14.6 Å². The van der Waals surface area contributed by atoms with E-state index in [0.29, 0.717) is 17.9 Å². The maximum absolute atomic E-state index is 10.7. The molecule has 5 heteroatoms. The standard InChI is InChI=1S/C16H15BrO4/c1-20-15-6-5-13(17)9-12(15)10-21-14-4-2-3-11(7-14)8-16(18)19/h2-7,9H,8,10H2,1H3,(H,18,19). The first-order valence-electron chi connectivity index (χ1n) is 6.34. The third-order valence-corrected chi connectivity index (χ3v) is 3.38. The van der Waals surface area contributed by atoms with Crippen molar-refractivity contribution in [1.82, 2.24) is 0 Å². The van der Waals surface area contributed by atoms with Crippen LogP contribution in [0.25, 0.3) is 0 Å². The molecular formula is C16H15BrO4. The summed E-state index contributed by atoms with van der Waals surface area (Å²) in [6, 6.07) is 12.8. The molecule has 21 heavy (non-hydrogen) atoms. The quantitative estimate of drug-likeness (QED) is 0.863. The predicted octanol–water partition coefficient (Wildman–Crippen LogP) is 3.66. The van der Waals surface area contributed by atoms with Crippen molar-refractivity contribution in [2.45, 2.75) is 13.0 Å². The Morgan fingerprint density at radius 2 is 2.05 bits per heavy atom. The van der Waals surface area contributed by atoms with Crippen LogP contribution in [0.5, 0.6) is 11.5 Å². The van der Waals surface area contributed by atoms with Crippen LogP contribution < -0.4 is 9.47 Å². The van der Waals surface area contributed by atoms with Crippen molar-refractivity contribution >= 4 is 21.9 Å². The number of carboxylic acid groups (broad SMARTS) is 1. The van der Waals surface area contributed by atoms with Crippen LogP contribution in [0.2, 0.25) is 0 Å². The van der Waals surface area contributed by atoms with Gasteiger partial charge in [0.25, 0.3) is 0 Å². The van der Waals surface area contributed by atoms with E-state index in [2.05, 4.69) is 15.9 Å². The number of rotatable bonds is 6. The van der Waals surface area contributed by atoms with E-state index in [1.165, 1.54) is 0 Å². The molecule has 0 aliphatic rings. The molecule has 0 unspecified atom stereocenters. The number of aliphatic carboxylic acids is 1. The third-order valence-electron chi connectivity index (χ3n) is 2.89. The van der Waals surface area contributed by atoms with Crippen LogP contribution in [0.4, 0.5) is 0 Å². The monoisotopic (exact) mass is 350 g/mol. The van der Waals surface area contributed by atoms with Gasteiger partial charge in [0.2, 0.25) is 0 Å². The molecule has 0 radical (unpaired) electrons. The molecule has 0 amide bonds. The first kappa shape index (κ1) is 15.4. The number of carbonyl (C=O) groups is 1. The zero-order chi connectivity index (χ0) is 15.2. The molecule has 0 aromatic heterocycles. The second-order valence-electron chi connectivity index (χ2n) is 4.46. The average molecular weight is 351 g/mol. The minimum absolute atomic E-state index is 0.0165. The van der Waals surface area contributed by atoms with Gasteiger partial charge in [-0.1, -0.05) is 28.1 Å². The van der Waals surface area contributed by atoms with Crippen molar-refractivity contribution < 1.29 is 19.4 Å². The van der Waals surface area contributed by atoms with Gasteiger partial charge in [-0.05, 0) is 35.9 Å². The normalized spacial score (nSPS) is 10.2. The highest BCUT2D eigenvalue weighted by atomic mass is 79.9. The maximum Gasteiger partial charge on any atom is 0.307 e. The molecule has 0 saturated heterocycles. The Morgan fingerprint density at radius 1 is 1.24 bits per heavy atom. The Bertz CT molecular complexity index is 640. The minimum Gasteiger partial charge on any atom is -0.496 e. The summed E-state index contributed by atoms with van der Waals surface area (Å²) in [6.07, 6.45) is -0.0165. The van der Waals surface area contributed by atoms with Crippen molar-refractivity contribution in [3.8, 4) is 11.5 Å². The fourth-order valence-electron chi connectivity index (χ4n) is 1.94. The van der Waals surface area contributed by atoms with E-state index >= 15 is 0 Å². The number of hydrogen-bond acceptors (Lipinski definition) is 3. The summed E-state index contributed by atoms with van der Waals surface area (Å²) in [5.41, 5.74) is 1.62. The first-order chi connectivity index (χ1) is 10.1. The highest BCUT2D eigenvalue weighted by Crippen LogP contribution is 2.25. The third kappa shape index (κ3) is 4.49. The average Bonchev–Trinajstić information content (AvgIpc) is 2.45. The summed E-state index contributed by atoms with van der Waals surface area (Å²) in [5, 5.41) is 8.80.